The van der Waals surface area contributed by atoms with Crippen LogP contribution in [0.15, 0.2) is 18.2 Å². The molecule has 1 fully saturated rings. The van der Waals surface area contributed by atoms with E-state index in [4.69, 9.17) is 9.84 Å². The summed E-state index contributed by atoms with van der Waals surface area (Å²) in [6, 6.07) is 6.65. The van der Waals surface area contributed by atoms with Crippen LogP contribution in [0.3, 0.4) is 0 Å². The summed E-state index contributed by atoms with van der Waals surface area (Å²) < 4.78 is 5.56. The minimum absolute atomic E-state index is 0.275. The summed E-state index contributed by atoms with van der Waals surface area (Å²) in [5.74, 6) is 1.08. The fraction of sp³-hybridized carbons (Fsp3) is 0.647. The average Bonchev–Trinajstić information content (AvgIpc) is 2.85. The molecule has 4 heteroatoms. The Labute approximate surface area is 127 Å². The molecule has 0 radical (unpaired) electrons. The molecule has 0 unspecified atom stereocenters. The van der Waals surface area contributed by atoms with E-state index in [1.165, 1.54) is 24.1 Å². The third-order valence-corrected chi connectivity index (χ3v) is 4.57. The fourth-order valence-electron chi connectivity index (χ4n) is 3.30. The number of aliphatic hydroxyl groups is 1. The van der Waals surface area contributed by atoms with E-state index >= 15 is 0 Å². The zero-order chi connectivity index (χ0) is 14.5. The van der Waals surface area contributed by atoms with Crippen LogP contribution in [0.5, 0.6) is 5.75 Å². The van der Waals surface area contributed by atoms with Crippen molar-refractivity contribution in [1.29, 1.82) is 0 Å². The van der Waals surface area contributed by atoms with Gasteiger partial charge < -0.3 is 14.7 Å². The third kappa shape index (κ3) is 3.96. The highest BCUT2D eigenvalue weighted by atomic mass is 16.5. The minimum atomic E-state index is 0.275. The van der Waals surface area contributed by atoms with Crippen LogP contribution in [-0.4, -0.2) is 67.4 Å². The van der Waals surface area contributed by atoms with Crippen LogP contribution in [0.4, 0.5) is 0 Å². The molecule has 2 aliphatic rings. The summed E-state index contributed by atoms with van der Waals surface area (Å²) in [4.78, 5) is 4.92. The summed E-state index contributed by atoms with van der Waals surface area (Å²) in [6.07, 6.45) is 3.38. The smallest absolute Gasteiger partial charge is 0.122 e. The van der Waals surface area contributed by atoms with Crippen LogP contribution in [0.25, 0.3) is 0 Å². The van der Waals surface area contributed by atoms with Crippen molar-refractivity contribution in [3.8, 4) is 5.75 Å². The first-order valence-corrected chi connectivity index (χ1v) is 8.15. The molecule has 0 bridgehead atoms. The van der Waals surface area contributed by atoms with E-state index in [1.807, 2.05) is 0 Å². The molecule has 0 amide bonds. The molecule has 3 rings (SSSR count). The molecule has 1 aromatic carbocycles. The van der Waals surface area contributed by atoms with Crippen molar-refractivity contribution in [3.63, 3.8) is 0 Å². The van der Waals surface area contributed by atoms with Gasteiger partial charge in [0.15, 0.2) is 0 Å². The Morgan fingerprint density at radius 1 is 1.05 bits per heavy atom. The van der Waals surface area contributed by atoms with Gasteiger partial charge in [-0.05, 0) is 43.1 Å². The van der Waals surface area contributed by atoms with E-state index in [0.717, 1.165) is 57.9 Å². The Morgan fingerprint density at radius 3 is 2.67 bits per heavy atom. The van der Waals surface area contributed by atoms with Gasteiger partial charge in [0.05, 0.1) is 13.2 Å². The summed E-state index contributed by atoms with van der Waals surface area (Å²) >= 11 is 0. The molecular weight excluding hydrogens is 264 g/mol. The highest BCUT2D eigenvalue weighted by Gasteiger charge is 2.15. The lowest BCUT2D eigenvalue weighted by molar-refractivity contribution is 0.197. The first kappa shape index (κ1) is 14.8. The molecule has 0 aromatic heterocycles. The van der Waals surface area contributed by atoms with E-state index in [-0.39, 0.29) is 6.61 Å². The van der Waals surface area contributed by atoms with E-state index in [9.17, 15) is 0 Å². The predicted molar refractivity (Wildman–Crippen MR) is 83.9 cm³/mol. The van der Waals surface area contributed by atoms with Crippen molar-refractivity contribution in [2.75, 3.05) is 52.5 Å². The molecule has 0 spiro atoms. The van der Waals surface area contributed by atoms with Crippen LogP contribution < -0.4 is 4.74 Å². The topological polar surface area (TPSA) is 35.9 Å². The van der Waals surface area contributed by atoms with Crippen molar-refractivity contribution >= 4 is 0 Å². The van der Waals surface area contributed by atoms with E-state index in [1.54, 1.807) is 0 Å². The lowest BCUT2D eigenvalue weighted by Gasteiger charge is -2.21. The van der Waals surface area contributed by atoms with Crippen LogP contribution in [0.2, 0.25) is 0 Å². The van der Waals surface area contributed by atoms with Crippen molar-refractivity contribution < 1.29 is 9.84 Å². The largest absolute Gasteiger partial charge is 0.493 e. The second kappa shape index (κ2) is 7.25. The lowest BCUT2D eigenvalue weighted by Crippen LogP contribution is -2.33. The number of rotatable bonds is 5. The summed E-state index contributed by atoms with van der Waals surface area (Å²) in [5, 5.41) is 9.04. The van der Waals surface area contributed by atoms with E-state index in [0.29, 0.717) is 0 Å². The number of aliphatic hydroxyl groups excluding tert-OH is 1. The second-order valence-corrected chi connectivity index (χ2v) is 6.05. The molecule has 116 valence electrons. The molecule has 1 aromatic rings. The Balaban J connectivity index is 1.48. The second-order valence-electron chi connectivity index (χ2n) is 6.05. The standard InChI is InChI=1S/C17H26N2O2/c20-12-11-19-7-1-6-18(9-10-19)8-4-15-2-3-17-16(14-15)5-13-21-17/h2-3,14,20H,1,4-13H2. The number of β-amino-alcohol motifs (C(OH)–C–C–N with tert-alkyl or cyclic N) is 1. The Hall–Kier alpha value is -1.10. The normalized spacial score (nSPS) is 20.0. The maximum atomic E-state index is 9.04. The predicted octanol–water partition coefficient (Wildman–Crippen LogP) is 1.16. The third-order valence-electron chi connectivity index (χ3n) is 4.57. The quantitative estimate of drug-likeness (QED) is 0.883. The van der Waals surface area contributed by atoms with Crippen molar-refractivity contribution in [3.05, 3.63) is 29.3 Å². The Morgan fingerprint density at radius 2 is 1.86 bits per heavy atom. The first-order chi connectivity index (χ1) is 10.3. The SMILES string of the molecule is OCCN1CCCN(CCc2ccc3c(c2)CCO3)CC1. The van der Waals surface area contributed by atoms with Crippen LogP contribution >= 0.6 is 0 Å². The zero-order valence-electron chi connectivity index (χ0n) is 12.8. The number of hydrogen-bond acceptors (Lipinski definition) is 4. The van der Waals surface area contributed by atoms with Gasteiger partial charge in [-0.25, -0.2) is 0 Å². The molecule has 21 heavy (non-hydrogen) atoms. The number of benzene rings is 1. The molecule has 1 N–H and O–H groups in total. The molecule has 1 saturated heterocycles. The molecule has 2 aliphatic heterocycles. The van der Waals surface area contributed by atoms with Gasteiger partial charge in [-0.2, -0.15) is 0 Å². The molecule has 4 nitrogen and oxygen atoms in total. The van der Waals surface area contributed by atoms with Gasteiger partial charge in [-0.15, -0.1) is 0 Å². The average molecular weight is 290 g/mol. The summed E-state index contributed by atoms with van der Waals surface area (Å²) in [6.45, 7) is 7.56. The minimum Gasteiger partial charge on any atom is -0.493 e. The van der Waals surface area contributed by atoms with Gasteiger partial charge in [0, 0.05) is 32.6 Å². The Bertz CT molecular complexity index is 464. The van der Waals surface area contributed by atoms with Crippen LogP contribution in [0, 0.1) is 0 Å². The number of ether oxygens (including phenoxy) is 1. The Kier molecular flexibility index (Phi) is 5.12. The molecule has 0 aliphatic carbocycles. The van der Waals surface area contributed by atoms with E-state index in [2.05, 4.69) is 28.0 Å². The van der Waals surface area contributed by atoms with Crippen LogP contribution in [-0.2, 0) is 12.8 Å². The number of nitrogens with zero attached hydrogens (tertiary/aromatic N) is 2. The van der Waals surface area contributed by atoms with Gasteiger partial charge in [-0.3, -0.25) is 4.90 Å². The lowest BCUT2D eigenvalue weighted by atomic mass is 10.1. The molecule has 2 heterocycles. The van der Waals surface area contributed by atoms with Gasteiger partial charge in [0.2, 0.25) is 0 Å². The molecule has 0 atom stereocenters. The van der Waals surface area contributed by atoms with Gasteiger partial charge in [0.25, 0.3) is 0 Å². The van der Waals surface area contributed by atoms with E-state index < -0.39 is 0 Å². The summed E-state index contributed by atoms with van der Waals surface area (Å²) in [7, 11) is 0. The highest BCUT2D eigenvalue weighted by Crippen LogP contribution is 2.26. The molecular formula is C17H26N2O2. The highest BCUT2D eigenvalue weighted by molar-refractivity contribution is 5.39. The maximum Gasteiger partial charge on any atom is 0.122 e. The number of fused-ring (bicyclic) bond motifs is 1. The fourth-order valence-corrected chi connectivity index (χ4v) is 3.30. The van der Waals surface area contributed by atoms with Crippen LogP contribution in [0.1, 0.15) is 17.5 Å². The molecule has 0 saturated carbocycles. The van der Waals surface area contributed by atoms with Crippen molar-refractivity contribution in [2.45, 2.75) is 19.3 Å². The first-order valence-electron chi connectivity index (χ1n) is 8.15. The van der Waals surface area contributed by atoms with Gasteiger partial charge in [0.1, 0.15) is 5.75 Å². The maximum absolute atomic E-state index is 9.04. The van der Waals surface area contributed by atoms with Crippen molar-refractivity contribution in [2.24, 2.45) is 0 Å². The van der Waals surface area contributed by atoms with Gasteiger partial charge in [-0.1, -0.05) is 12.1 Å². The van der Waals surface area contributed by atoms with Gasteiger partial charge >= 0.3 is 0 Å². The zero-order valence-corrected chi connectivity index (χ0v) is 12.8. The monoisotopic (exact) mass is 290 g/mol. The summed E-state index contributed by atoms with van der Waals surface area (Å²) in [5.41, 5.74) is 2.80. The number of hydrogen-bond donors (Lipinski definition) is 1. The van der Waals surface area contributed by atoms with Crippen molar-refractivity contribution in [1.82, 2.24) is 9.80 Å².